The molecule has 0 saturated carbocycles. The van der Waals surface area contributed by atoms with Crippen molar-refractivity contribution in [2.75, 3.05) is 31.2 Å². The summed E-state index contributed by atoms with van der Waals surface area (Å²) in [5.74, 6) is 0.618. The highest BCUT2D eigenvalue weighted by molar-refractivity contribution is 6.32. The molecule has 1 aromatic carbocycles. The molecule has 0 amide bonds. The van der Waals surface area contributed by atoms with Crippen LogP contribution >= 0.6 is 11.6 Å². The Kier molecular flexibility index (Phi) is 4.28. The van der Waals surface area contributed by atoms with Crippen LogP contribution in [0.25, 0.3) is 17.0 Å². The molecule has 2 aromatic rings. The summed E-state index contributed by atoms with van der Waals surface area (Å²) in [7, 11) is 0. The van der Waals surface area contributed by atoms with Crippen LogP contribution in [-0.2, 0) is 4.74 Å². The van der Waals surface area contributed by atoms with Crippen LogP contribution in [0.1, 0.15) is 19.6 Å². The fourth-order valence-electron chi connectivity index (χ4n) is 2.76. The van der Waals surface area contributed by atoms with Gasteiger partial charge in [-0.1, -0.05) is 17.2 Å². The maximum Gasteiger partial charge on any atom is 0.313 e. The third-order valence-corrected chi connectivity index (χ3v) is 3.90. The smallest absolute Gasteiger partial charge is 0.313 e. The molecular formula is C16H17ClN2O4. The largest absolute Gasteiger partial charge is 0.447 e. The lowest BCUT2D eigenvalue weighted by Gasteiger charge is -2.28. The van der Waals surface area contributed by atoms with Crippen molar-refractivity contribution in [2.24, 2.45) is 0 Å². The number of morpholine rings is 1. The van der Waals surface area contributed by atoms with Gasteiger partial charge in [-0.05, 0) is 26.0 Å². The predicted molar refractivity (Wildman–Crippen MR) is 90.2 cm³/mol. The number of hydrogen-bond acceptors (Lipinski definition) is 5. The van der Waals surface area contributed by atoms with Gasteiger partial charge in [0.05, 0.1) is 29.2 Å². The molecule has 0 unspecified atom stereocenters. The number of nitrogens with zero attached hydrogens (tertiary/aromatic N) is 2. The quantitative estimate of drug-likeness (QED) is 0.619. The first-order valence-corrected chi connectivity index (χ1v) is 7.73. The van der Waals surface area contributed by atoms with Crippen LogP contribution in [0.15, 0.2) is 22.1 Å². The summed E-state index contributed by atoms with van der Waals surface area (Å²) in [6.07, 6.45) is 1.89. The van der Waals surface area contributed by atoms with Crippen molar-refractivity contribution in [2.45, 2.75) is 13.8 Å². The molecule has 122 valence electrons. The molecule has 1 saturated heterocycles. The summed E-state index contributed by atoms with van der Waals surface area (Å²) < 4.78 is 11.2. The van der Waals surface area contributed by atoms with E-state index in [4.69, 9.17) is 20.8 Å². The maximum atomic E-state index is 11.3. The summed E-state index contributed by atoms with van der Waals surface area (Å²) in [6, 6.07) is 3.04. The van der Waals surface area contributed by atoms with Gasteiger partial charge in [0, 0.05) is 24.2 Å². The number of halogens is 1. The molecule has 0 radical (unpaired) electrons. The molecule has 1 aliphatic heterocycles. The van der Waals surface area contributed by atoms with E-state index in [-0.39, 0.29) is 11.3 Å². The fraction of sp³-hybridized carbons (Fsp3) is 0.375. The van der Waals surface area contributed by atoms with E-state index in [1.165, 1.54) is 6.07 Å². The molecule has 3 rings (SSSR count). The third-order valence-electron chi connectivity index (χ3n) is 3.68. The maximum absolute atomic E-state index is 11.3. The van der Waals surface area contributed by atoms with Crippen molar-refractivity contribution >= 4 is 40.0 Å². The number of fused-ring (bicyclic) bond motifs is 1. The van der Waals surface area contributed by atoms with Gasteiger partial charge in [-0.3, -0.25) is 10.1 Å². The molecule has 0 bridgehead atoms. The summed E-state index contributed by atoms with van der Waals surface area (Å²) in [4.78, 5) is 13.0. The molecule has 0 N–H and O–H groups in total. The molecule has 6 nitrogen and oxygen atoms in total. The zero-order valence-electron chi connectivity index (χ0n) is 13.0. The number of nitro groups is 1. The van der Waals surface area contributed by atoms with E-state index in [1.54, 1.807) is 6.07 Å². The van der Waals surface area contributed by atoms with Crippen molar-refractivity contribution < 1.29 is 14.1 Å². The van der Waals surface area contributed by atoms with E-state index in [0.29, 0.717) is 42.5 Å². The molecule has 1 fully saturated rings. The summed E-state index contributed by atoms with van der Waals surface area (Å²) in [5, 5.41) is 12.3. The number of ether oxygens (including phenoxy) is 1. The molecule has 23 heavy (non-hydrogen) atoms. The monoisotopic (exact) mass is 336 g/mol. The van der Waals surface area contributed by atoms with Gasteiger partial charge in [0.2, 0.25) is 5.58 Å². The number of furan rings is 1. The fourth-order valence-corrected chi connectivity index (χ4v) is 2.97. The van der Waals surface area contributed by atoms with Gasteiger partial charge < -0.3 is 14.1 Å². The standard InChI is InChI=1S/C16H17ClN2O4/c1-10(2)7-14-15(18-3-5-22-6-4-18)12-8-11(17)9-13(19(20)21)16(12)23-14/h7-9H,3-6H2,1-2H3. The number of benzene rings is 1. The normalized spacial score (nSPS) is 15.0. The van der Waals surface area contributed by atoms with E-state index >= 15 is 0 Å². The molecule has 2 heterocycles. The first-order chi connectivity index (χ1) is 11.0. The molecule has 0 aliphatic carbocycles. The molecule has 1 aliphatic rings. The zero-order chi connectivity index (χ0) is 16.6. The van der Waals surface area contributed by atoms with Crippen LogP contribution in [-0.4, -0.2) is 31.2 Å². The Morgan fingerprint density at radius 1 is 1.35 bits per heavy atom. The highest BCUT2D eigenvalue weighted by Crippen LogP contribution is 2.41. The average Bonchev–Trinajstić information content (AvgIpc) is 2.83. The van der Waals surface area contributed by atoms with Crippen LogP contribution in [0.3, 0.4) is 0 Å². The van der Waals surface area contributed by atoms with Crippen LogP contribution < -0.4 is 4.90 Å². The number of nitro benzene ring substituents is 1. The first kappa shape index (κ1) is 15.8. The molecule has 7 heteroatoms. The Bertz CT molecular complexity index is 787. The number of anilines is 1. The Morgan fingerprint density at radius 3 is 2.65 bits per heavy atom. The van der Waals surface area contributed by atoms with Gasteiger partial charge >= 0.3 is 5.69 Å². The van der Waals surface area contributed by atoms with E-state index in [2.05, 4.69) is 4.90 Å². The van der Waals surface area contributed by atoms with Crippen LogP contribution in [0.5, 0.6) is 0 Å². The number of hydrogen-bond donors (Lipinski definition) is 0. The Labute approximate surface area is 138 Å². The van der Waals surface area contributed by atoms with Gasteiger partial charge in [0.15, 0.2) is 5.76 Å². The van der Waals surface area contributed by atoms with Crippen LogP contribution in [0.4, 0.5) is 11.4 Å². The van der Waals surface area contributed by atoms with E-state index in [9.17, 15) is 10.1 Å². The molecule has 0 atom stereocenters. The minimum absolute atomic E-state index is 0.115. The predicted octanol–water partition coefficient (Wildman–Crippen LogP) is 4.25. The van der Waals surface area contributed by atoms with Crippen molar-refractivity contribution in [1.82, 2.24) is 0 Å². The highest BCUT2D eigenvalue weighted by atomic mass is 35.5. The number of non-ortho nitro benzene ring substituents is 1. The molecular weight excluding hydrogens is 320 g/mol. The van der Waals surface area contributed by atoms with Crippen molar-refractivity contribution in [3.8, 4) is 0 Å². The first-order valence-electron chi connectivity index (χ1n) is 7.35. The second-order valence-electron chi connectivity index (χ2n) is 5.69. The van der Waals surface area contributed by atoms with Gasteiger partial charge in [-0.15, -0.1) is 0 Å². The van der Waals surface area contributed by atoms with Gasteiger partial charge in [-0.25, -0.2) is 0 Å². The summed E-state index contributed by atoms with van der Waals surface area (Å²) >= 11 is 6.09. The summed E-state index contributed by atoms with van der Waals surface area (Å²) in [5.41, 5.74) is 2.03. The van der Waals surface area contributed by atoms with E-state index in [1.807, 2.05) is 19.9 Å². The lowest BCUT2D eigenvalue weighted by atomic mass is 10.1. The minimum Gasteiger partial charge on any atom is -0.447 e. The second-order valence-corrected chi connectivity index (χ2v) is 6.13. The van der Waals surface area contributed by atoms with E-state index in [0.717, 1.165) is 11.3 Å². The zero-order valence-corrected chi connectivity index (χ0v) is 13.7. The summed E-state index contributed by atoms with van der Waals surface area (Å²) in [6.45, 7) is 6.56. The average molecular weight is 337 g/mol. The number of rotatable bonds is 3. The van der Waals surface area contributed by atoms with Gasteiger partial charge in [0.1, 0.15) is 0 Å². The van der Waals surface area contributed by atoms with E-state index < -0.39 is 4.92 Å². The number of allylic oxidation sites excluding steroid dienone is 1. The Hall–Kier alpha value is -2.05. The second kappa shape index (κ2) is 6.22. The van der Waals surface area contributed by atoms with Gasteiger partial charge in [0.25, 0.3) is 0 Å². The molecule has 1 aromatic heterocycles. The lowest BCUT2D eigenvalue weighted by Crippen LogP contribution is -2.36. The third kappa shape index (κ3) is 3.04. The topological polar surface area (TPSA) is 68.8 Å². The Morgan fingerprint density at radius 2 is 2.04 bits per heavy atom. The minimum atomic E-state index is -0.465. The highest BCUT2D eigenvalue weighted by Gasteiger charge is 2.26. The van der Waals surface area contributed by atoms with Crippen molar-refractivity contribution in [1.29, 1.82) is 0 Å². The van der Waals surface area contributed by atoms with Crippen LogP contribution in [0.2, 0.25) is 5.02 Å². The van der Waals surface area contributed by atoms with Crippen molar-refractivity contribution in [3.05, 3.63) is 38.6 Å². The SMILES string of the molecule is CC(C)=Cc1oc2c([N+](=O)[O-])cc(Cl)cc2c1N1CCOCC1. The lowest BCUT2D eigenvalue weighted by molar-refractivity contribution is -0.383. The Balaban J connectivity index is 2.29. The van der Waals surface area contributed by atoms with Crippen molar-refractivity contribution in [3.63, 3.8) is 0 Å². The van der Waals surface area contributed by atoms with Crippen LogP contribution in [0, 0.1) is 10.1 Å². The molecule has 0 spiro atoms. The van der Waals surface area contributed by atoms with Gasteiger partial charge in [-0.2, -0.15) is 0 Å².